The number of sulfonamides is 1. The SMILES string of the molecule is CC(C(=O)[C@H](Cc1cccc(C#N)c1)NS(=O)(=O)c1cccc2cccnc12)C1CCCCN1C(=O)O. The summed E-state index contributed by atoms with van der Waals surface area (Å²) in [6.07, 6.45) is 2.45. The Morgan fingerprint density at radius 2 is 1.95 bits per heavy atom. The van der Waals surface area contributed by atoms with Gasteiger partial charge in [0.2, 0.25) is 10.0 Å². The van der Waals surface area contributed by atoms with Crippen molar-refractivity contribution in [2.45, 2.75) is 49.6 Å². The standard InChI is InChI=1S/C27H28N4O5S/c1-18(23-11-2-3-14-31(23)27(33)34)26(32)22(16-19-7-4-8-20(15-19)17-28)30-37(35,36)24-12-5-9-21-10-6-13-29-25(21)24/h4-10,12-13,15,18,22-23,30H,2-3,11,14,16H2,1H3,(H,33,34)/t18?,22-,23?/m0/s1. The molecule has 4 rings (SSSR count). The third-order valence-electron chi connectivity index (χ3n) is 6.84. The van der Waals surface area contributed by atoms with E-state index in [0.717, 1.165) is 12.8 Å². The minimum absolute atomic E-state index is 0.00983. The number of rotatable bonds is 8. The summed E-state index contributed by atoms with van der Waals surface area (Å²) in [5.41, 5.74) is 1.29. The van der Waals surface area contributed by atoms with Gasteiger partial charge in [0.25, 0.3) is 0 Å². The van der Waals surface area contributed by atoms with E-state index in [9.17, 15) is 28.4 Å². The van der Waals surface area contributed by atoms with Gasteiger partial charge in [-0.25, -0.2) is 17.9 Å². The highest BCUT2D eigenvalue weighted by Gasteiger charge is 2.38. The summed E-state index contributed by atoms with van der Waals surface area (Å²) in [6.45, 7) is 1.99. The van der Waals surface area contributed by atoms with Crippen molar-refractivity contribution >= 4 is 32.8 Å². The van der Waals surface area contributed by atoms with Gasteiger partial charge < -0.3 is 10.0 Å². The van der Waals surface area contributed by atoms with Crippen molar-refractivity contribution in [1.29, 1.82) is 5.26 Å². The Labute approximate surface area is 215 Å². The number of amides is 1. The summed E-state index contributed by atoms with van der Waals surface area (Å²) >= 11 is 0. The number of likely N-dealkylation sites (tertiary alicyclic amines) is 1. The van der Waals surface area contributed by atoms with E-state index in [1.807, 2.05) is 0 Å². The van der Waals surface area contributed by atoms with Crippen LogP contribution in [-0.4, -0.2) is 53.9 Å². The fourth-order valence-electron chi connectivity index (χ4n) is 4.97. The summed E-state index contributed by atoms with van der Waals surface area (Å²) in [5.74, 6) is -1.15. The zero-order valence-electron chi connectivity index (χ0n) is 20.4. The third kappa shape index (κ3) is 5.79. The van der Waals surface area contributed by atoms with Crippen molar-refractivity contribution in [2.24, 2.45) is 5.92 Å². The molecule has 2 N–H and O–H groups in total. The smallest absolute Gasteiger partial charge is 0.407 e. The van der Waals surface area contributed by atoms with Crippen LogP contribution < -0.4 is 4.72 Å². The third-order valence-corrected chi connectivity index (χ3v) is 8.35. The van der Waals surface area contributed by atoms with Crippen LogP contribution in [0.3, 0.4) is 0 Å². The number of hydrogen-bond donors (Lipinski definition) is 2. The van der Waals surface area contributed by atoms with Gasteiger partial charge in [0.1, 0.15) is 4.90 Å². The summed E-state index contributed by atoms with van der Waals surface area (Å²) in [7, 11) is -4.19. The van der Waals surface area contributed by atoms with Gasteiger partial charge >= 0.3 is 6.09 Å². The molecule has 0 saturated carbocycles. The Morgan fingerprint density at radius 3 is 2.70 bits per heavy atom. The van der Waals surface area contributed by atoms with Crippen LogP contribution in [0.5, 0.6) is 0 Å². The number of ketones is 1. The molecular weight excluding hydrogens is 492 g/mol. The highest BCUT2D eigenvalue weighted by Crippen LogP contribution is 2.27. The number of hydrogen-bond acceptors (Lipinski definition) is 6. The molecule has 1 fully saturated rings. The second-order valence-electron chi connectivity index (χ2n) is 9.25. The van der Waals surface area contributed by atoms with Gasteiger partial charge in [-0.1, -0.05) is 37.3 Å². The number of nitriles is 1. The number of para-hydroxylation sites is 1. The van der Waals surface area contributed by atoms with Gasteiger partial charge in [-0.15, -0.1) is 0 Å². The average molecular weight is 521 g/mol. The van der Waals surface area contributed by atoms with Gasteiger partial charge in [-0.3, -0.25) is 9.78 Å². The van der Waals surface area contributed by atoms with Crippen LogP contribution in [-0.2, 0) is 21.2 Å². The van der Waals surface area contributed by atoms with Gasteiger partial charge in [0.05, 0.1) is 23.2 Å². The van der Waals surface area contributed by atoms with Crippen molar-refractivity contribution in [3.05, 3.63) is 71.9 Å². The second-order valence-corrected chi connectivity index (χ2v) is 10.9. The predicted molar refractivity (Wildman–Crippen MR) is 137 cm³/mol. The summed E-state index contributed by atoms with van der Waals surface area (Å²) < 4.78 is 29.8. The molecule has 1 aliphatic rings. The lowest BCUT2D eigenvalue weighted by Gasteiger charge is -2.37. The minimum Gasteiger partial charge on any atom is -0.465 e. The zero-order chi connectivity index (χ0) is 26.6. The Balaban J connectivity index is 1.70. The molecule has 3 aromatic rings. The maximum absolute atomic E-state index is 13.8. The van der Waals surface area contributed by atoms with Gasteiger partial charge in [-0.2, -0.15) is 5.26 Å². The molecule has 1 amide bonds. The number of Topliss-reactive ketones (excluding diaryl/α,β-unsaturated/α-hetero) is 1. The Bertz CT molecular complexity index is 1460. The maximum atomic E-state index is 13.8. The first-order valence-electron chi connectivity index (χ1n) is 12.1. The maximum Gasteiger partial charge on any atom is 0.407 e. The molecule has 0 aliphatic carbocycles. The number of carbonyl (C=O) groups is 2. The van der Waals surface area contributed by atoms with Crippen LogP contribution in [0.2, 0.25) is 0 Å². The molecule has 9 nitrogen and oxygen atoms in total. The van der Waals surface area contributed by atoms with E-state index < -0.39 is 39.9 Å². The fourth-order valence-corrected chi connectivity index (χ4v) is 6.35. The molecule has 0 radical (unpaired) electrons. The largest absolute Gasteiger partial charge is 0.465 e. The highest BCUT2D eigenvalue weighted by molar-refractivity contribution is 7.89. The van der Waals surface area contributed by atoms with Crippen molar-refractivity contribution in [1.82, 2.24) is 14.6 Å². The molecule has 37 heavy (non-hydrogen) atoms. The number of nitrogens with zero attached hydrogens (tertiary/aromatic N) is 3. The first-order chi connectivity index (χ1) is 17.7. The van der Waals surface area contributed by atoms with Crippen LogP contribution in [0.15, 0.2) is 65.7 Å². The van der Waals surface area contributed by atoms with E-state index in [-0.39, 0.29) is 16.8 Å². The Kier molecular flexibility index (Phi) is 7.86. The average Bonchev–Trinajstić information content (AvgIpc) is 2.91. The first-order valence-corrected chi connectivity index (χ1v) is 13.6. The van der Waals surface area contributed by atoms with Crippen LogP contribution in [0, 0.1) is 17.2 Å². The van der Waals surface area contributed by atoms with E-state index in [1.54, 1.807) is 55.5 Å². The van der Waals surface area contributed by atoms with Gasteiger partial charge in [-0.05, 0) is 55.5 Å². The van der Waals surface area contributed by atoms with Crippen molar-refractivity contribution in [3.63, 3.8) is 0 Å². The van der Waals surface area contributed by atoms with E-state index >= 15 is 0 Å². The molecule has 1 aromatic heterocycles. The number of benzene rings is 2. The lowest BCUT2D eigenvalue weighted by molar-refractivity contribution is -0.126. The number of aromatic nitrogens is 1. The minimum atomic E-state index is -4.19. The highest BCUT2D eigenvalue weighted by atomic mass is 32.2. The molecule has 0 bridgehead atoms. The first kappa shape index (κ1) is 26.3. The predicted octanol–water partition coefficient (Wildman–Crippen LogP) is 3.73. The molecule has 2 heterocycles. The Hall–Kier alpha value is -3.81. The Morgan fingerprint density at radius 1 is 1.19 bits per heavy atom. The summed E-state index contributed by atoms with van der Waals surface area (Å²) in [5, 5.41) is 19.6. The molecule has 3 atom stereocenters. The summed E-state index contributed by atoms with van der Waals surface area (Å²) in [4.78, 5) is 31.1. The molecular formula is C27H28N4O5S. The lowest BCUT2D eigenvalue weighted by Crippen LogP contribution is -2.52. The number of carboxylic acid groups (broad SMARTS) is 1. The molecule has 2 unspecified atom stereocenters. The van der Waals surface area contributed by atoms with Crippen molar-refractivity contribution in [3.8, 4) is 6.07 Å². The van der Waals surface area contributed by atoms with E-state index in [1.165, 1.54) is 17.2 Å². The fraction of sp³-hybridized carbons (Fsp3) is 0.333. The molecule has 0 spiro atoms. The van der Waals surface area contributed by atoms with Crippen LogP contribution in [0.25, 0.3) is 10.9 Å². The normalized spacial score (nSPS) is 17.6. The molecule has 1 saturated heterocycles. The van der Waals surface area contributed by atoms with Gasteiger partial charge in [0.15, 0.2) is 5.78 Å². The molecule has 2 aromatic carbocycles. The monoisotopic (exact) mass is 520 g/mol. The van der Waals surface area contributed by atoms with E-state index in [2.05, 4.69) is 15.8 Å². The number of nitrogens with one attached hydrogen (secondary N) is 1. The number of pyridine rings is 1. The summed E-state index contributed by atoms with van der Waals surface area (Å²) in [6, 6.07) is 15.2. The quantitative estimate of drug-likeness (QED) is 0.461. The zero-order valence-corrected chi connectivity index (χ0v) is 21.2. The van der Waals surface area contributed by atoms with Crippen LogP contribution >= 0.6 is 0 Å². The lowest BCUT2D eigenvalue weighted by atomic mass is 9.85. The second kappa shape index (κ2) is 11.1. The van der Waals surface area contributed by atoms with E-state index in [0.29, 0.717) is 29.5 Å². The van der Waals surface area contributed by atoms with Crippen molar-refractivity contribution in [2.75, 3.05) is 6.54 Å². The van der Waals surface area contributed by atoms with Crippen LogP contribution in [0.4, 0.5) is 4.79 Å². The van der Waals surface area contributed by atoms with E-state index in [4.69, 9.17) is 0 Å². The number of carbonyl (C=O) groups excluding carboxylic acids is 1. The molecule has 192 valence electrons. The van der Waals surface area contributed by atoms with Crippen LogP contribution in [0.1, 0.15) is 37.3 Å². The van der Waals surface area contributed by atoms with Gasteiger partial charge in [0, 0.05) is 30.1 Å². The van der Waals surface area contributed by atoms with Crippen molar-refractivity contribution < 1.29 is 23.1 Å². The topological polar surface area (TPSA) is 140 Å². The number of piperidine rings is 1. The number of fused-ring (bicyclic) bond motifs is 1. The molecule has 1 aliphatic heterocycles. The molecule has 10 heteroatoms.